The van der Waals surface area contributed by atoms with Crippen molar-refractivity contribution < 1.29 is 14.3 Å². The predicted molar refractivity (Wildman–Crippen MR) is 90.8 cm³/mol. The van der Waals surface area contributed by atoms with Crippen LogP contribution in [0.1, 0.15) is 30.5 Å². The highest BCUT2D eigenvalue weighted by atomic mass is 16.5. The second kappa shape index (κ2) is 8.22. The first kappa shape index (κ1) is 16.9. The van der Waals surface area contributed by atoms with E-state index in [0.29, 0.717) is 24.5 Å². The third kappa shape index (κ3) is 5.02. The maximum atomic E-state index is 12.0. The van der Waals surface area contributed by atoms with Gasteiger partial charge in [-0.3, -0.25) is 4.79 Å². The Morgan fingerprint density at radius 2 is 1.74 bits per heavy atom. The maximum absolute atomic E-state index is 12.0. The Bertz CT molecular complexity index is 637. The molecule has 2 rings (SSSR count). The first-order valence-corrected chi connectivity index (χ1v) is 7.72. The molecule has 1 atom stereocenters. The van der Waals surface area contributed by atoms with Crippen molar-refractivity contribution in [2.75, 3.05) is 13.7 Å². The van der Waals surface area contributed by atoms with E-state index in [1.807, 2.05) is 62.4 Å². The number of rotatable bonds is 7. The van der Waals surface area contributed by atoms with E-state index in [4.69, 9.17) is 9.47 Å². The average molecular weight is 313 g/mol. The molecule has 0 aliphatic heterocycles. The number of ether oxygens (including phenoxy) is 2. The zero-order chi connectivity index (χ0) is 16.7. The molecule has 2 aromatic carbocycles. The summed E-state index contributed by atoms with van der Waals surface area (Å²) in [6, 6.07) is 15.5. The molecule has 1 unspecified atom stereocenters. The van der Waals surface area contributed by atoms with Crippen LogP contribution in [0.25, 0.3) is 0 Å². The van der Waals surface area contributed by atoms with Crippen LogP contribution in [0.15, 0.2) is 48.5 Å². The van der Waals surface area contributed by atoms with E-state index in [0.717, 1.165) is 5.56 Å². The number of hydrogen-bond donors (Lipinski definition) is 1. The van der Waals surface area contributed by atoms with Crippen LogP contribution in [0.2, 0.25) is 0 Å². The van der Waals surface area contributed by atoms with Crippen LogP contribution >= 0.6 is 0 Å². The third-order valence-electron chi connectivity index (χ3n) is 3.61. The molecular formula is C19H23NO3. The van der Waals surface area contributed by atoms with Gasteiger partial charge in [0.1, 0.15) is 0 Å². The van der Waals surface area contributed by atoms with E-state index >= 15 is 0 Å². The van der Waals surface area contributed by atoms with Crippen molar-refractivity contribution in [1.29, 1.82) is 0 Å². The molecule has 4 heteroatoms. The number of carbonyl (C=O) groups is 1. The van der Waals surface area contributed by atoms with Crippen LogP contribution in [0.4, 0.5) is 0 Å². The van der Waals surface area contributed by atoms with Gasteiger partial charge in [-0.1, -0.05) is 42.0 Å². The van der Waals surface area contributed by atoms with Crippen molar-refractivity contribution in [3.05, 3.63) is 59.7 Å². The van der Waals surface area contributed by atoms with Crippen LogP contribution in [0.3, 0.4) is 0 Å². The van der Waals surface area contributed by atoms with E-state index in [9.17, 15) is 4.79 Å². The Morgan fingerprint density at radius 1 is 1.09 bits per heavy atom. The SMILES string of the molecule is COc1ccccc1OCCC(=O)NC(C)c1ccc(C)cc1. The van der Waals surface area contributed by atoms with Gasteiger partial charge in [0.15, 0.2) is 11.5 Å². The first-order valence-electron chi connectivity index (χ1n) is 7.72. The van der Waals surface area contributed by atoms with Gasteiger partial charge in [0.25, 0.3) is 0 Å². The first-order chi connectivity index (χ1) is 11.1. The van der Waals surface area contributed by atoms with Gasteiger partial charge in [-0.2, -0.15) is 0 Å². The van der Waals surface area contributed by atoms with Crippen LogP contribution in [0, 0.1) is 6.92 Å². The van der Waals surface area contributed by atoms with Gasteiger partial charge in [-0.15, -0.1) is 0 Å². The number of benzene rings is 2. The largest absolute Gasteiger partial charge is 0.493 e. The third-order valence-corrected chi connectivity index (χ3v) is 3.61. The van der Waals surface area contributed by atoms with Crippen molar-refractivity contribution >= 4 is 5.91 Å². The molecule has 122 valence electrons. The van der Waals surface area contributed by atoms with Crippen molar-refractivity contribution in [2.45, 2.75) is 26.3 Å². The quantitative estimate of drug-likeness (QED) is 0.849. The Balaban J connectivity index is 1.80. The van der Waals surface area contributed by atoms with Gasteiger partial charge in [-0.05, 0) is 31.5 Å². The lowest BCUT2D eigenvalue weighted by Gasteiger charge is -2.15. The lowest BCUT2D eigenvalue weighted by atomic mass is 10.1. The van der Waals surface area contributed by atoms with Crippen molar-refractivity contribution in [1.82, 2.24) is 5.32 Å². The van der Waals surface area contributed by atoms with Gasteiger partial charge < -0.3 is 14.8 Å². The van der Waals surface area contributed by atoms with Gasteiger partial charge >= 0.3 is 0 Å². The highest BCUT2D eigenvalue weighted by molar-refractivity contribution is 5.76. The van der Waals surface area contributed by atoms with Crippen molar-refractivity contribution in [3.8, 4) is 11.5 Å². The molecule has 23 heavy (non-hydrogen) atoms. The monoisotopic (exact) mass is 313 g/mol. The second-order valence-electron chi connectivity index (χ2n) is 5.45. The van der Waals surface area contributed by atoms with Gasteiger partial charge in [-0.25, -0.2) is 0 Å². The zero-order valence-electron chi connectivity index (χ0n) is 13.8. The number of amides is 1. The summed E-state index contributed by atoms with van der Waals surface area (Å²) < 4.78 is 10.8. The summed E-state index contributed by atoms with van der Waals surface area (Å²) in [6.07, 6.45) is 0.300. The Morgan fingerprint density at radius 3 is 2.39 bits per heavy atom. The van der Waals surface area contributed by atoms with Crippen LogP contribution in [0.5, 0.6) is 11.5 Å². The molecule has 0 fully saturated rings. The zero-order valence-corrected chi connectivity index (χ0v) is 13.8. The summed E-state index contributed by atoms with van der Waals surface area (Å²) in [5.41, 5.74) is 2.30. The molecule has 0 spiro atoms. The summed E-state index contributed by atoms with van der Waals surface area (Å²) in [5.74, 6) is 1.28. The molecule has 0 radical (unpaired) electrons. The fourth-order valence-corrected chi connectivity index (χ4v) is 2.24. The summed E-state index contributed by atoms with van der Waals surface area (Å²) in [5, 5.41) is 2.98. The molecule has 0 bridgehead atoms. The molecule has 0 aromatic heterocycles. The molecular weight excluding hydrogens is 290 g/mol. The van der Waals surface area contributed by atoms with E-state index < -0.39 is 0 Å². The van der Waals surface area contributed by atoms with Gasteiger partial charge in [0.2, 0.25) is 5.91 Å². The minimum atomic E-state index is -0.0343. The minimum Gasteiger partial charge on any atom is -0.493 e. The van der Waals surface area contributed by atoms with Gasteiger partial charge in [0.05, 0.1) is 26.2 Å². The molecule has 1 N–H and O–H groups in total. The fourth-order valence-electron chi connectivity index (χ4n) is 2.24. The van der Waals surface area contributed by atoms with Gasteiger partial charge in [0, 0.05) is 0 Å². The standard InChI is InChI=1S/C19H23NO3/c1-14-8-10-16(11-9-14)15(2)20-19(21)12-13-23-18-7-5-4-6-17(18)22-3/h4-11,15H,12-13H2,1-3H3,(H,20,21). The highest BCUT2D eigenvalue weighted by Crippen LogP contribution is 2.25. The van der Waals surface area contributed by atoms with Crippen LogP contribution in [-0.2, 0) is 4.79 Å². The molecule has 0 saturated heterocycles. The summed E-state index contributed by atoms with van der Waals surface area (Å²) in [6.45, 7) is 4.33. The molecule has 0 heterocycles. The summed E-state index contributed by atoms with van der Waals surface area (Å²) >= 11 is 0. The molecule has 1 amide bonds. The lowest BCUT2D eigenvalue weighted by Crippen LogP contribution is -2.27. The van der Waals surface area contributed by atoms with E-state index in [-0.39, 0.29) is 11.9 Å². The summed E-state index contributed by atoms with van der Waals surface area (Å²) in [7, 11) is 1.60. The molecule has 4 nitrogen and oxygen atoms in total. The van der Waals surface area contributed by atoms with E-state index in [1.54, 1.807) is 7.11 Å². The molecule has 0 aliphatic carbocycles. The maximum Gasteiger partial charge on any atom is 0.223 e. The smallest absolute Gasteiger partial charge is 0.223 e. The fraction of sp³-hybridized carbons (Fsp3) is 0.316. The van der Waals surface area contributed by atoms with E-state index in [1.165, 1.54) is 5.56 Å². The van der Waals surface area contributed by atoms with Crippen molar-refractivity contribution in [3.63, 3.8) is 0 Å². The summed E-state index contributed by atoms with van der Waals surface area (Å²) in [4.78, 5) is 12.0. The topological polar surface area (TPSA) is 47.6 Å². The molecule has 0 saturated carbocycles. The molecule has 0 aliphatic rings. The number of hydrogen-bond acceptors (Lipinski definition) is 3. The Hall–Kier alpha value is -2.49. The Labute approximate surface area is 137 Å². The Kier molecular flexibility index (Phi) is 6.03. The average Bonchev–Trinajstić information content (AvgIpc) is 2.55. The normalized spacial score (nSPS) is 11.6. The number of carbonyl (C=O) groups excluding carboxylic acids is 1. The second-order valence-corrected chi connectivity index (χ2v) is 5.45. The minimum absolute atomic E-state index is 0.0191. The highest BCUT2D eigenvalue weighted by Gasteiger charge is 2.10. The predicted octanol–water partition coefficient (Wildman–Crippen LogP) is 3.65. The van der Waals surface area contributed by atoms with Crippen molar-refractivity contribution in [2.24, 2.45) is 0 Å². The number of nitrogens with one attached hydrogen (secondary N) is 1. The number of methoxy groups -OCH3 is 1. The number of aryl methyl sites for hydroxylation is 1. The van der Waals surface area contributed by atoms with Crippen LogP contribution < -0.4 is 14.8 Å². The van der Waals surface area contributed by atoms with Crippen LogP contribution in [-0.4, -0.2) is 19.6 Å². The number of para-hydroxylation sites is 2. The lowest BCUT2D eigenvalue weighted by molar-refractivity contribution is -0.122. The molecule has 2 aromatic rings. The van der Waals surface area contributed by atoms with E-state index in [2.05, 4.69) is 5.32 Å².